The van der Waals surface area contributed by atoms with Crippen molar-refractivity contribution in [2.45, 2.75) is 34.1 Å². The van der Waals surface area contributed by atoms with Crippen LogP contribution in [-0.2, 0) is 14.3 Å². The van der Waals surface area contributed by atoms with Gasteiger partial charge in [0.2, 0.25) is 0 Å². The highest BCUT2D eigenvalue weighted by Gasteiger charge is 2.47. The number of hydrogen-bond donors (Lipinski definition) is 0. The van der Waals surface area contributed by atoms with E-state index in [9.17, 15) is 9.59 Å². The Bertz CT molecular complexity index is 390. The van der Waals surface area contributed by atoms with Gasteiger partial charge in [-0.05, 0) is 18.8 Å². The number of hydrogen-bond acceptors (Lipinski definition) is 3. The van der Waals surface area contributed by atoms with Gasteiger partial charge in [-0.25, -0.2) is 4.79 Å². The van der Waals surface area contributed by atoms with E-state index in [0.29, 0.717) is 12.0 Å². The second-order valence-corrected chi connectivity index (χ2v) is 5.44. The molecule has 94 valence electrons. The molecule has 0 aromatic rings. The van der Waals surface area contributed by atoms with Crippen molar-refractivity contribution in [3.05, 3.63) is 24.3 Å². The Kier molecular flexibility index (Phi) is 3.60. The largest absolute Gasteiger partial charge is 0.454 e. The minimum atomic E-state index is -0.509. The Hall–Kier alpha value is -1.38. The first-order valence-corrected chi connectivity index (χ1v) is 5.74. The number of allylic oxidation sites excluding steroid dienone is 2. The molecule has 0 heterocycles. The Morgan fingerprint density at radius 1 is 1.35 bits per heavy atom. The third-order valence-electron chi connectivity index (χ3n) is 3.78. The summed E-state index contributed by atoms with van der Waals surface area (Å²) in [6, 6.07) is 0. The first kappa shape index (κ1) is 13.7. The average Bonchev–Trinajstić information content (AvgIpc) is 2.50. The topological polar surface area (TPSA) is 43.4 Å². The summed E-state index contributed by atoms with van der Waals surface area (Å²) in [4.78, 5) is 23.4. The predicted molar refractivity (Wildman–Crippen MR) is 66.4 cm³/mol. The molecule has 0 bridgehead atoms. The van der Waals surface area contributed by atoms with Gasteiger partial charge in [-0.3, -0.25) is 4.79 Å². The molecule has 1 aliphatic carbocycles. The van der Waals surface area contributed by atoms with Gasteiger partial charge in [-0.1, -0.05) is 39.5 Å². The van der Waals surface area contributed by atoms with Gasteiger partial charge in [-0.15, -0.1) is 0 Å². The van der Waals surface area contributed by atoms with Gasteiger partial charge in [0.15, 0.2) is 12.4 Å². The van der Waals surface area contributed by atoms with Crippen molar-refractivity contribution in [1.29, 1.82) is 0 Å². The molecule has 0 N–H and O–H groups in total. The van der Waals surface area contributed by atoms with E-state index in [1.807, 2.05) is 32.9 Å². The van der Waals surface area contributed by atoms with Gasteiger partial charge < -0.3 is 4.74 Å². The Morgan fingerprint density at radius 3 is 2.35 bits per heavy atom. The average molecular weight is 236 g/mol. The van der Waals surface area contributed by atoms with Crippen LogP contribution >= 0.6 is 0 Å². The number of carbonyl (C=O) groups is 2. The van der Waals surface area contributed by atoms with Gasteiger partial charge in [0.05, 0.1) is 0 Å². The lowest BCUT2D eigenvalue weighted by Gasteiger charge is -2.36. The maximum absolute atomic E-state index is 12.2. The van der Waals surface area contributed by atoms with Crippen LogP contribution in [0.1, 0.15) is 34.1 Å². The van der Waals surface area contributed by atoms with Gasteiger partial charge in [-0.2, -0.15) is 0 Å². The summed E-state index contributed by atoms with van der Waals surface area (Å²) in [5, 5.41) is 0. The molecule has 0 amide bonds. The fourth-order valence-corrected chi connectivity index (χ4v) is 1.92. The molecule has 0 radical (unpaired) electrons. The van der Waals surface area contributed by atoms with Crippen LogP contribution in [0.2, 0.25) is 0 Å². The predicted octanol–water partition coefficient (Wildman–Crippen LogP) is 2.67. The summed E-state index contributed by atoms with van der Waals surface area (Å²) >= 11 is 0. The molecule has 17 heavy (non-hydrogen) atoms. The molecule has 1 atom stereocenters. The van der Waals surface area contributed by atoms with Crippen LogP contribution in [-0.4, -0.2) is 18.4 Å². The first-order valence-electron chi connectivity index (χ1n) is 5.74. The van der Waals surface area contributed by atoms with Crippen molar-refractivity contribution in [3.63, 3.8) is 0 Å². The third kappa shape index (κ3) is 2.48. The molecule has 0 saturated heterocycles. The monoisotopic (exact) mass is 236 g/mol. The quantitative estimate of drug-likeness (QED) is 0.428. The molecule has 0 aromatic heterocycles. The van der Waals surface area contributed by atoms with E-state index in [4.69, 9.17) is 4.74 Å². The fourth-order valence-electron chi connectivity index (χ4n) is 1.92. The first-order chi connectivity index (χ1) is 7.71. The second-order valence-electron chi connectivity index (χ2n) is 5.44. The molecule has 1 rings (SSSR count). The minimum absolute atomic E-state index is 0.0397. The minimum Gasteiger partial charge on any atom is -0.454 e. The van der Waals surface area contributed by atoms with Crippen molar-refractivity contribution in [3.8, 4) is 0 Å². The lowest BCUT2D eigenvalue weighted by Crippen LogP contribution is -2.40. The van der Waals surface area contributed by atoms with Crippen LogP contribution in [0.3, 0.4) is 0 Å². The smallest absolute Gasteiger partial charge is 0.333 e. The third-order valence-corrected chi connectivity index (χ3v) is 3.78. The summed E-state index contributed by atoms with van der Waals surface area (Å²) in [6.07, 6.45) is 4.76. The molecule has 3 heteroatoms. The van der Waals surface area contributed by atoms with Gasteiger partial charge in [0.1, 0.15) is 0 Å². The maximum atomic E-state index is 12.2. The molecular formula is C14H20O3. The molecule has 0 fully saturated rings. The van der Waals surface area contributed by atoms with E-state index in [0.717, 1.165) is 0 Å². The fraction of sp³-hybridized carbons (Fsp3) is 0.571. The number of Topliss-reactive ketones (excluding diaryl/α,β-unsaturated/α-hetero) is 1. The highest BCUT2D eigenvalue weighted by atomic mass is 16.5. The lowest BCUT2D eigenvalue weighted by atomic mass is 9.66. The number of rotatable bonds is 4. The SMILES string of the molecule is C=C(C)C(=O)OCC(=O)[C@@]1(C)CC=CC1(C)C. The highest BCUT2D eigenvalue weighted by Crippen LogP contribution is 2.48. The summed E-state index contributed by atoms with van der Waals surface area (Å²) in [7, 11) is 0. The van der Waals surface area contributed by atoms with E-state index < -0.39 is 11.4 Å². The van der Waals surface area contributed by atoms with Crippen LogP contribution in [0.5, 0.6) is 0 Å². The number of ether oxygens (including phenoxy) is 1. The molecule has 0 spiro atoms. The van der Waals surface area contributed by atoms with E-state index in [-0.39, 0.29) is 17.8 Å². The number of esters is 1. The van der Waals surface area contributed by atoms with Crippen molar-refractivity contribution in [2.75, 3.05) is 6.61 Å². The number of carbonyl (C=O) groups excluding carboxylic acids is 2. The van der Waals surface area contributed by atoms with E-state index in [2.05, 4.69) is 6.58 Å². The second kappa shape index (κ2) is 4.47. The van der Waals surface area contributed by atoms with Gasteiger partial charge in [0.25, 0.3) is 0 Å². The van der Waals surface area contributed by atoms with Crippen molar-refractivity contribution < 1.29 is 14.3 Å². The van der Waals surface area contributed by atoms with Crippen molar-refractivity contribution in [2.24, 2.45) is 10.8 Å². The Balaban J connectivity index is 2.66. The van der Waals surface area contributed by atoms with Crippen LogP contribution < -0.4 is 0 Å². The zero-order valence-electron chi connectivity index (χ0n) is 11.0. The number of ketones is 1. The Morgan fingerprint density at radius 2 is 1.94 bits per heavy atom. The van der Waals surface area contributed by atoms with Gasteiger partial charge >= 0.3 is 5.97 Å². The zero-order chi connectivity index (χ0) is 13.3. The van der Waals surface area contributed by atoms with Gasteiger partial charge in [0, 0.05) is 11.0 Å². The van der Waals surface area contributed by atoms with Crippen molar-refractivity contribution >= 4 is 11.8 Å². The van der Waals surface area contributed by atoms with Crippen LogP contribution in [0.25, 0.3) is 0 Å². The standard InChI is InChI=1S/C14H20O3/c1-10(2)12(16)17-9-11(15)14(5)8-6-7-13(14,3)4/h6-7H,1,8-9H2,2-5H3/t14-/m1/s1. The van der Waals surface area contributed by atoms with Crippen LogP contribution in [0.15, 0.2) is 24.3 Å². The zero-order valence-corrected chi connectivity index (χ0v) is 11.0. The van der Waals surface area contributed by atoms with E-state index >= 15 is 0 Å². The molecule has 0 aromatic carbocycles. The normalized spacial score (nSPS) is 25.6. The van der Waals surface area contributed by atoms with Crippen LogP contribution in [0, 0.1) is 10.8 Å². The highest BCUT2D eigenvalue weighted by molar-refractivity contribution is 5.92. The molecular weight excluding hydrogens is 216 g/mol. The summed E-state index contributed by atoms with van der Waals surface area (Å²) in [6.45, 7) is 10.8. The van der Waals surface area contributed by atoms with E-state index in [1.165, 1.54) is 0 Å². The molecule has 0 aliphatic heterocycles. The van der Waals surface area contributed by atoms with Crippen molar-refractivity contribution in [1.82, 2.24) is 0 Å². The molecule has 3 nitrogen and oxygen atoms in total. The lowest BCUT2D eigenvalue weighted by molar-refractivity contribution is -0.149. The molecule has 0 unspecified atom stereocenters. The van der Waals surface area contributed by atoms with Crippen LogP contribution in [0.4, 0.5) is 0 Å². The maximum Gasteiger partial charge on any atom is 0.333 e. The van der Waals surface area contributed by atoms with E-state index in [1.54, 1.807) is 6.92 Å². The summed E-state index contributed by atoms with van der Waals surface area (Å²) in [5.74, 6) is -0.548. The summed E-state index contributed by atoms with van der Waals surface area (Å²) in [5.41, 5.74) is -0.367. The molecule has 1 aliphatic rings. The molecule has 0 saturated carbocycles. The summed E-state index contributed by atoms with van der Waals surface area (Å²) < 4.78 is 4.92. The Labute approximate surface area is 103 Å².